The molecule has 0 saturated heterocycles. The van der Waals surface area contributed by atoms with Crippen LogP contribution in [0.2, 0.25) is 0 Å². The fraction of sp³-hybridized carbons (Fsp3) is 0.381. The van der Waals surface area contributed by atoms with Gasteiger partial charge in [-0.2, -0.15) is 0 Å². The van der Waals surface area contributed by atoms with Crippen LogP contribution in [0.15, 0.2) is 46.9 Å². The van der Waals surface area contributed by atoms with Crippen molar-refractivity contribution in [3.63, 3.8) is 0 Å². The van der Waals surface area contributed by atoms with Crippen molar-refractivity contribution in [1.29, 1.82) is 0 Å². The summed E-state index contributed by atoms with van der Waals surface area (Å²) in [5.41, 5.74) is 0.458. The van der Waals surface area contributed by atoms with Crippen molar-refractivity contribution in [3.8, 4) is 11.5 Å². The van der Waals surface area contributed by atoms with Gasteiger partial charge in [-0.05, 0) is 49.4 Å². The van der Waals surface area contributed by atoms with Gasteiger partial charge in [-0.25, -0.2) is 4.39 Å². The summed E-state index contributed by atoms with van der Waals surface area (Å²) in [5.74, 6) is 0.901. The molecule has 158 valence electrons. The summed E-state index contributed by atoms with van der Waals surface area (Å²) in [6.07, 6.45) is 0. The van der Waals surface area contributed by atoms with Crippen molar-refractivity contribution in [3.05, 3.63) is 58.3 Å². The van der Waals surface area contributed by atoms with Crippen LogP contribution in [0.1, 0.15) is 12.5 Å². The van der Waals surface area contributed by atoms with Gasteiger partial charge in [-0.3, -0.25) is 9.69 Å². The van der Waals surface area contributed by atoms with Crippen molar-refractivity contribution in [2.45, 2.75) is 13.5 Å². The number of nitrogens with one attached hydrogen (secondary N) is 1. The zero-order valence-corrected chi connectivity index (χ0v) is 18.0. The summed E-state index contributed by atoms with van der Waals surface area (Å²) in [6.45, 7) is 3.60. The van der Waals surface area contributed by atoms with E-state index in [9.17, 15) is 14.3 Å². The first-order valence-electron chi connectivity index (χ1n) is 9.41. The summed E-state index contributed by atoms with van der Waals surface area (Å²) in [6, 6.07) is 11.9. The minimum atomic E-state index is -0.347. The van der Waals surface area contributed by atoms with Gasteiger partial charge in [0.05, 0.1) is 26.3 Å². The zero-order valence-electron chi connectivity index (χ0n) is 16.4. The molecule has 0 aliphatic rings. The highest BCUT2D eigenvalue weighted by molar-refractivity contribution is 9.10. The van der Waals surface area contributed by atoms with Crippen molar-refractivity contribution in [2.24, 2.45) is 0 Å². The van der Waals surface area contributed by atoms with Gasteiger partial charge in [-0.1, -0.05) is 15.9 Å². The SMILES string of the molecule is CCOc1ccc(OCCNC(=O)CN(CCO)Cc2cc(Br)ccc2F)cc1. The number of carbonyl (C=O) groups excluding carboxylic acids is 1. The Labute approximate surface area is 178 Å². The number of benzene rings is 2. The fourth-order valence-corrected chi connectivity index (χ4v) is 3.09. The van der Waals surface area contributed by atoms with Crippen LogP contribution in [0, 0.1) is 5.82 Å². The first kappa shape index (κ1) is 23.1. The predicted molar refractivity (Wildman–Crippen MR) is 113 cm³/mol. The van der Waals surface area contributed by atoms with E-state index in [0.29, 0.717) is 31.1 Å². The molecule has 0 radical (unpaired) electrons. The van der Waals surface area contributed by atoms with Crippen LogP contribution >= 0.6 is 15.9 Å². The highest BCUT2D eigenvalue weighted by atomic mass is 79.9. The summed E-state index contributed by atoms with van der Waals surface area (Å²) in [4.78, 5) is 13.9. The van der Waals surface area contributed by atoms with Crippen LogP contribution in [-0.2, 0) is 11.3 Å². The molecule has 0 aliphatic carbocycles. The number of nitrogens with zero attached hydrogens (tertiary/aromatic N) is 1. The van der Waals surface area contributed by atoms with Crippen molar-refractivity contribution in [1.82, 2.24) is 10.2 Å². The van der Waals surface area contributed by atoms with Gasteiger partial charge in [0.15, 0.2) is 0 Å². The lowest BCUT2D eigenvalue weighted by molar-refractivity contribution is -0.122. The van der Waals surface area contributed by atoms with E-state index in [1.807, 2.05) is 31.2 Å². The molecular formula is C21H26BrFN2O4. The van der Waals surface area contributed by atoms with E-state index < -0.39 is 0 Å². The number of aliphatic hydroxyl groups excluding tert-OH is 1. The lowest BCUT2D eigenvalue weighted by atomic mass is 10.2. The highest BCUT2D eigenvalue weighted by Gasteiger charge is 2.13. The Morgan fingerprint density at radius 2 is 1.86 bits per heavy atom. The maximum Gasteiger partial charge on any atom is 0.234 e. The van der Waals surface area contributed by atoms with Gasteiger partial charge in [-0.15, -0.1) is 0 Å². The summed E-state index contributed by atoms with van der Waals surface area (Å²) >= 11 is 3.31. The lowest BCUT2D eigenvalue weighted by Gasteiger charge is -2.21. The van der Waals surface area contributed by atoms with Crippen LogP contribution in [0.25, 0.3) is 0 Å². The molecular weight excluding hydrogens is 443 g/mol. The van der Waals surface area contributed by atoms with Crippen LogP contribution < -0.4 is 14.8 Å². The lowest BCUT2D eigenvalue weighted by Crippen LogP contribution is -2.39. The third kappa shape index (κ3) is 8.39. The molecule has 2 aromatic rings. The second kappa shape index (κ2) is 12.4. The molecule has 0 spiro atoms. The molecule has 2 aromatic carbocycles. The number of amides is 1. The number of rotatable bonds is 12. The van der Waals surface area contributed by atoms with E-state index in [0.717, 1.165) is 10.2 Å². The maximum atomic E-state index is 14.0. The van der Waals surface area contributed by atoms with Crippen LogP contribution in [0.5, 0.6) is 11.5 Å². The quantitative estimate of drug-likeness (QED) is 0.468. The minimum absolute atomic E-state index is 0.0512. The Balaban J connectivity index is 1.76. The van der Waals surface area contributed by atoms with Crippen LogP contribution in [0.3, 0.4) is 0 Å². The first-order valence-corrected chi connectivity index (χ1v) is 10.2. The number of carbonyl (C=O) groups is 1. The number of hydrogen-bond donors (Lipinski definition) is 2. The summed E-state index contributed by atoms with van der Waals surface area (Å²) in [5, 5.41) is 12.0. The number of halogens is 2. The molecule has 2 rings (SSSR count). The Bertz CT molecular complexity index is 774. The zero-order chi connectivity index (χ0) is 21.1. The van der Waals surface area contributed by atoms with E-state index in [-0.39, 0.29) is 38.0 Å². The Morgan fingerprint density at radius 3 is 2.52 bits per heavy atom. The van der Waals surface area contributed by atoms with Gasteiger partial charge in [0.25, 0.3) is 0 Å². The Morgan fingerprint density at radius 1 is 1.17 bits per heavy atom. The van der Waals surface area contributed by atoms with Crippen molar-refractivity contribution >= 4 is 21.8 Å². The molecule has 0 unspecified atom stereocenters. The second-order valence-electron chi connectivity index (χ2n) is 6.27. The van der Waals surface area contributed by atoms with Gasteiger partial charge < -0.3 is 19.9 Å². The average molecular weight is 469 g/mol. The highest BCUT2D eigenvalue weighted by Crippen LogP contribution is 2.18. The minimum Gasteiger partial charge on any atom is -0.494 e. The largest absolute Gasteiger partial charge is 0.494 e. The first-order chi connectivity index (χ1) is 14.0. The van der Waals surface area contributed by atoms with Gasteiger partial charge in [0.1, 0.15) is 23.9 Å². The van der Waals surface area contributed by atoms with Crippen molar-refractivity contribution in [2.75, 3.05) is 39.5 Å². The molecule has 0 heterocycles. The topological polar surface area (TPSA) is 71.0 Å². The van der Waals surface area contributed by atoms with E-state index >= 15 is 0 Å². The molecule has 0 saturated carbocycles. The number of ether oxygens (including phenoxy) is 2. The molecule has 0 aliphatic heterocycles. The van der Waals surface area contributed by atoms with Crippen LogP contribution in [0.4, 0.5) is 4.39 Å². The maximum absolute atomic E-state index is 14.0. The van der Waals surface area contributed by atoms with E-state index in [4.69, 9.17) is 9.47 Å². The van der Waals surface area contributed by atoms with Crippen LogP contribution in [-0.4, -0.2) is 55.4 Å². The molecule has 0 bridgehead atoms. The summed E-state index contributed by atoms with van der Waals surface area (Å²) in [7, 11) is 0. The fourth-order valence-electron chi connectivity index (χ4n) is 2.68. The average Bonchev–Trinajstić information content (AvgIpc) is 2.70. The van der Waals surface area contributed by atoms with E-state index in [2.05, 4.69) is 21.2 Å². The molecule has 6 nitrogen and oxygen atoms in total. The monoisotopic (exact) mass is 468 g/mol. The third-order valence-corrected chi connectivity index (χ3v) is 4.51. The Kier molecular flexibility index (Phi) is 9.90. The normalized spacial score (nSPS) is 10.8. The third-order valence-electron chi connectivity index (χ3n) is 4.01. The molecule has 1 amide bonds. The smallest absolute Gasteiger partial charge is 0.234 e. The summed E-state index contributed by atoms with van der Waals surface area (Å²) < 4.78 is 25.7. The molecule has 0 fully saturated rings. The number of hydrogen-bond acceptors (Lipinski definition) is 5. The van der Waals surface area contributed by atoms with Gasteiger partial charge in [0, 0.05) is 23.1 Å². The van der Waals surface area contributed by atoms with Crippen molar-refractivity contribution < 1.29 is 23.8 Å². The van der Waals surface area contributed by atoms with E-state index in [1.165, 1.54) is 6.07 Å². The molecule has 0 aromatic heterocycles. The van der Waals surface area contributed by atoms with Gasteiger partial charge in [0.2, 0.25) is 5.91 Å². The molecule has 2 N–H and O–H groups in total. The molecule has 29 heavy (non-hydrogen) atoms. The predicted octanol–water partition coefficient (Wildman–Crippen LogP) is 2.98. The standard InChI is InChI=1S/C21H26BrFN2O4/c1-2-28-18-4-6-19(7-5-18)29-12-9-24-21(27)15-25(10-11-26)14-16-13-17(22)3-8-20(16)23/h3-8,13,26H,2,9-12,14-15H2,1H3,(H,24,27). The molecule has 0 atom stereocenters. The Hall–Kier alpha value is -2.16. The second-order valence-corrected chi connectivity index (χ2v) is 7.19. The molecule has 8 heteroatoms. The van der Waals surface area contributed by atoms with Gasteiger partial charge >= 0.3 is 0 Å². The number of aliphatic hydroxyl groups is 1. The van der Waals surface area contributed by atoms with E-state index in [1.54, 1.807) is 17.0 Å².